The first-order chi connectivity index (χ1) is 13.3. The number of carbonyl (C=O) groups excluding carboxylic acids is 1. The molecule has 4 nitrogen and oxygen atoms in total. The first-order valence-electron chi connectivity index (χ1n) is 10.0. The fourth-order valence-electron chi connectivity index (χ4n) is 4.52. The third kappa shape index (κ3) is 3.52. The van der Waals surface area contributed by atoms with Crippen LogP contribution in [0.5, 0.6) is 0 Å². The lowest BCUT2D eigenvalue weighted by molar-refractivity contribution is -0.173. The Kier molecular flexibility index (Phi) is 5.28. The number of piperidine rings is 2. The second-order valence-electron chi connectivity index (χ2n) is 7.70. The Labute approximate surface area is 161 Å². The fourth-order valence-corrected chi connectivity index (χ4v) is 4.52. The average Bonchev–Trinajstić information content (AvgIpc) is 2.76. The van der Waals surface area contributed by atoms with Crippen LogP contribution in [0.25, 0.3) is 0 Å². The Morgan fingerprint density at radius 3 is 1.74 bits per heavy atom. The van der Waals surface area contributed by atoms with E-state index in [0.29, 0.717) is 0 Å². The molecule has 0 unspecified atom stereocenters. The van der Waals surface area contributed by atoms with Gasteiger partial charge in [0.25, 0.3) is 0 Å². The maximum absolute atomic E-state index is 13.7. The summed E-state index contributed by atoms with van der Waals surface area (Å²) in [6.45, 7) is 3.40. The first-order valence-corrected chi connectivity index (χ1v) is 10.0. The number of benzene rings is 2. The molecule has 2 fully saturated rings. The molecular weight excluding hydrogens is 336 g/mol. The number of hydrogen-bond acceptors (Lipinski definition) is 4. The van der Waals surface area contributed by atoms with Crippen molar-refractivity contribution in [2.45, 2.75) is 36.7 Å². The van der Waals surface area contributed by atoms with Gasteiger partial charge in [0.2, 0.25) is 0 Å². The molecule has 27 heavy (non-hydrogen) atoms. The summed E-state index contributed by atoms with van der Waals surface area (Å²) >= 11 is 0. The highest BCUT2D eigenvalue weighted by atomic mass is 16.6. The smallest absolute Gasteiger partial charge is 0.317 e. The molecule has 0 amide bonds. The lowest BCUT2D eigenvalue weighted by Crippen LogP contribution is -2.51. The van der Waals surface area contributed by atoms with Gasteiger partial charge in [0, 0.05) is 12.8 Å². The highest BCUT2D eigenvalue weighted by Gasteiger charge is 2.47. The minimum atomic E-state index is -0.556. The van der Waals surface area contributed by atoms with E-state index in [1.54, 1.807) is 0 Å². The minimum absolute atomic E-state index is 0.0686. The summed E-state index contributed by atoms with van der Waals surface area (Å²) in [5.74, 6) is -0.0686. The van der Waals surface area contributed by atoms with Crippen molar-refractivity contribution in [2.75, 3.05) is 26.2 Å². The van der Waals surface area contributed by atoms with Gasteiger partial charge in [0.05, 0.1) is 5.41 Å². The fraction of sp³-hybridized carbons (Fsp3) is 0.435. The normalized spacial score (nSPS) is 21.3. The molecule has 2 saturated heterocycles. The number of esters is 1. The van der Waals surface area contributed by atoms with Gasteiger partial charge in [0.15, 0.2) is 0 Å². The molecule has 0 spiro atoms. The van der Waals surface area contributed by atoms with Crippen LogP contribution < -0.4 is 10.6 Å². The van der Waals surface area contributed by atoms with Gasteiger partial charge in [0.1, 0.15) is 5.60 Å². The van der Waals surface area contributed by atoms with Crippen LogP contribution in [0.4, 0.5) is 0 Å². The van der Waals surface area contributed by atoms with Gasteiger partial charge in [-0.3, -0.25) is 4.79 Å². The maximum Gasteiger partial charge on any atom is 0.317 e. The van der Waals surface area contributed by atoms with E-state index < -0.39 is 11.0 Å². The molecule has 0 aromatic heterocycles. The summed E-state index contributed by atoms with van der Waals surface area (Å²) in [4.78, 5) is 13.7. The number of ether oxygens (including phenoxy) is 1. The highest BCUT2D eigenvalue weighted by Crippen LogP contribution is 2.41. The van der Waals surface area contributed by atoms with Gasteiger partial charge in [-0.1, -0.05) is 60.7 Å². The molecule has 0 aliphatic carbocycles. The zero-order valence-electron chi connectivity index (χ0n) is 15.7. The van der Waals surface area contributed by atoms with Gasteiger partial charge in [-0.15, -0.1) is 0 Å². The summed E-state index contributed by atoms with van der Waals surface area (Å²) in [5.41, 5.74) is 1.10. The molecule has 142 valence electrons. The Morgan fingerprint density at radius 2 is 1.19 bits per heavy atom. The SMILES string of the molecule is O=C(OC1(c2ccccc2)CCNCC1)C1(c2ccccc2)CCNCC1. The van der Waals surface area contributed by atoms with Crippen LogP contribution in [0, 0.1) is 0 Å². The molecule has 2 heterocycles. The van der Waals surface area contributed by atoms with Gasteiger partial charge >= 0.3 is 5.97 Å². The third-order valence-corrected chi connectivity index (χ3v) is 6.17. The van der Waals surface area contributed by atoms with E-state index in [1.807, 2.05) is 36.4 Å². The molecule has 0 atom stereocenters. The lowest BCUT2D eigenvalue weighted by atomic mass is 9.72. The Bertz CT molecular complexity index is 748. The molecule has 2 aliphatic rings. The summed E-state index contributed by atoms with van der Waals surface area (Å²) in [7, 11) is 0. The Morgan fingerprint density at radius 1 is 0.704 bits per heavy atom. The number of nitrogens with one attached hydrogen (secondary N) is 2. The second kappa shape index (κ2) is 7.83. The lowest BCUT2D eigenvalue weighted by Gasteiger charge is -2.43. The van der Waals surface area contributed by atoms with Gasteiger partial charge in [-0.2, -0.15) is 0 Å². The van der Waals surface area contributed by atoms with Crippen LogP contribution in [0.15, 0.2) is 60.7 Å². The standard InChI is InChI=1S/C23H28N2O2/c26-21(22(11-15-24-16-12-22)19-7-3-1-4-8-19)27-23(13-17-25-18-14-23)20-9-5-2-6-10-20/h1-10,24-25H,11-18H2. The van der Waals surface area contributed by atoms with Crippen molar-refractivity contribution in [3.8, 4) is 0 Å². The molecule has 0 radical (unpaired) electrons. The summed E-state index contributed by atoms with van der Waals surface area (Å²) in [6.07, 6.45) is 3.18. The number of hydrogen-bond donors (Lipinski definition) is 2. The summed E-state index contributed by atoms with van der Waals surface area (Å²) in [5, 5.41) is 6.79. The van der Waals surface area contributed by atoms with Crippen LogP contribution in [0.2, 0.25) is 0 Å². The van der Waals surface area contributed by atoms with E-state index in [2.05, 4.69) is 34.9 Å². The number of rotatable bonds is 4. The van der Waals surface area contributed by atoms with Crippen LogP contribution in [0.3, 0.4) is 0 Å². The average molecular weight is 364 g/mol. The summed E-state index contributed by atoms with van der Waals surface area (Å²) < 4.78 is 6.46. The highest BCUT2D eigenvalue weighted by molar-refractivity contribution is 5.84. The van der Waals surface area contributed by atoms with E-state index in [-0.39, 0.29) is 5.97 Å². The zero-order chi connectivity index (χ0) is 18.6. The van der Waals surface area contributed by atoms with Gasteiger partial charge in [-0.25, -0.2) is 0 Å². The molecule has 2 aromatic carbocycles. The monoisotopic (exact) mass is 364 g/mol. The van der Waals surface area contributed by atoms with Crippen molar-refractivity contribution in [1.82, 2.24) is 10.6 Å². The predicted molar refractivity (Wildman–Crippen MR) is 107 cm³/mol. The van der Waals surface area contributed by atoms with Crippen LogP contribution in [-0.2, 0) is 20.5 Å². The third-order valence-electron chi connectivity index (χ3n) is 6.17. The second-order valence-corrected chi connectivity index (χ2v) is 7.70. The minimum Gasteiger partial charge on any atom is -0.453 e. The van der Waals surface area contributed by atoms with Crippen molar-refractivity contribution in [1.29, 1.82) is 0 Å². The van der Waals surface area contributed by atoms with E-state index in [0.717, 1.165) is 63.0 Å². The molecule has 2 aromatic rings. The van der Waals surface area contributed by atoms with E-state index in [9.17, 15) is 4.79 Å². The van der Waals surface area contributed by atoms with Gasteiger partial charge < -0.3 is 15.4 Å². The molecule has 0 bridgehead atoms. The van der Waals surface area contributed by atoms with E-state index in [4.69, 9.17) is 4.74 Å². The Hall–Kier alpha value is -2.17. The van der Waals surface area contributed by atoms with Gasteiger partial charge in [-0.05, 0) is 50.1 Å². The predicted octanol–water partition coefficient (Wildman–Crippen LogP) is 3.13. The largest absolute Gasteiger partial charge is 0.453 e. The topological polar surface area (TPSA) is 50.4 Å². The maximum atomic E-state index is 13.7. The number of carbonyl (C=O) groups is 1. The van der Waals surface area contributed by atoms with Crippen LogP contribution in [0.1, 0.15) is 36.8 Å². The van der Waals surface area contributed by atoms with E-state index in [1.165, 1.54) is 0 Å². The summed E-state index contributed by atoms with van der Waals surface area (Å²) in [6, 6.07) is 20.4. The van der Waals surface area contributed by atoms with Crippen molar-refractivity contribution >= 4 is 5.97 Å². The van der Waals surface area contributed by atoms with Crippen LogP contribution >= 0.6 is 0 Å². The quantitative estimate of drug-likeness (QED) is 0.819. The van der Waals surface area contributed by atoms with E-state index >= 15 is 0 Å². The van der Waals surface area contributed by atoms with Crippen molar-refractivity contribution in [3.05, 3.63) is 71.8 Å². The molecule has 2 N–H and O–H groups in total. The van der Waals surface area contributed by atoms with Crippen LogP contribution in [-0.4, -0.2) is 32.1 Å². The molecule has 4 rings (SSSR count). The van der Waals surface area contributed by atoms with Crippen molar-refractivity contribution < 1.29 is 9.53 Å². The molecule has 4 heteroatoms. The molecule has 2 aliphatic heterocycles. The first kappa shape index (κ1) is 18.2. The zero-order valence-corrected chi connectivity index (χ0v) is 15.7. The molecule has 0 saturated carbocycles. The molecular formula is C23H28N2O2. The van der Waals surface area contributed by atoms with Crippen molar-refractivity contribution in [2.24, 2.45) is 0 Å². The van der Waals surface area contributed by atoms with Crippen molar-refractivity contribution in [3.63, 3.8) is 0 Å². The Balaban J connectivity index is 1.68.